The number of rotatable bonds is 1. The molecule has 0 unspecified atom stereocenters. The van der Waals surface area contributed by atoms with E-state index in [4.69, 9.17) is 5.73 Å². The monoisotopic (exact) mass is 225 g/mol. The molecule has 1 aromatic carbocycles. The summed E-state index contributed by atoms with van der Waals surface area (Å²) in [5.74, 6) is 0.781. The molecule has 5 nitrogen and oxygen atoms in total. The van der Waals surface area contributed by atoms with E-state index in [1.807, 2.05) is 25.1 Å². The summed E-state index contributed by atoms with van der Waals surface area (Å²) < 4.78 is 0. The highest BCUT2D eigenvalue weighted by molar-refractivity contribution is 5.75. The summed E-state index contributed by atoms with van der Waals surface area (Å²) in [4.78, 5) is 15.6. The lowest BCUT2D eigenvalue weighted by molar-refractivity contribution is 1.20. The third-order valence-electron chi connectivity index (χ3n) is 2.71. The molecule has 0 fully saturated rings. The zero-order valence-electron chi connectivity index (χ0n) is 9.31. The average Bonchev–Trinajstić information content (AvgIpc) is 2.76. The maximum absolute atomic E-state index is 5.79. The molecule has 0 spiro atoms. The zero-order chi connectivity index (χ0) is 11.8. The molecule has 0 amide bonds. The number of hydrogen-bond donors (Lipinski definition) is 2. The Morgan fingerprint density at radius 3 is 2.94 bits per heavy atom. The van der Waals surface area contributed by atoms with E-state index in [1.54, 1.807) is 6.20 Å². The topological polar surface area (TPSA) is 80.5 Å². The number of benzene rings is 1. The predicted octanol–water partition coefficient (Wildman–Crippen LogP) is 1.91. The number of aromatic nitrogens is 4. The van der Waals surface area contributed by atoms with E-state index in [1.165, 1.54) is 6.33 Å². The Morgan fingerprint density at radius 2 is 2.18 bits per heavy atom. The van der Waals surface area contributed by atoms with Crippen LogP contribution in [0.2, 0.25) is 0 Å². The first-order valence-electron chi connectivity index (χ1n) is 5.26. The number of hydrogen-bond acceptors (Lipinski definition) is 4. The summed E-state index contributed by atoms with van der Waals surface area (Å²) in [5.41, 5.74) is 10.1. The number of aryl methyl sites for hydroxylation is 1. The first-order chi connectivity index (χ1) is 8.24. The Balaban J connectivity index is 2.17. The molecule has 0 atom stereocenters. The maximum atomic E-state index is 5.79. The lowest BCUT2D eigenvalue weighted by Crippen LogP contribution is -1.90. The molecule has 3 N–H and O–H groups in total. The van der Waals surface area contributed by atoms with E-state index in [0.29, 0.717) is 5.65 Å². The molecule has 0 saturated heterocycles. The highest BCUT2D eigenvalue weighted by atomic mass is 15.0. The van der Waals surface area contributed by atoms with E-state index in [9.17, 15) is 0 Å². The fourth-order valence-electron chi connectivity index (χ4n) is 1.72. The molecule has 0 aliphatic carbocycles. The molecule has 0 saturated carbocycles. The molecular weight excluding hydrogens is 214 g/mol. The van der Waals surface area contributed by atoms with Gasteiger partial charge in [-0.3, -0.25) is 0 Å². The van der Waals surface area contributed by atoms with Gasteiger partial charge in [0.25, 0.3) is 0 Å². The number of H-pyrrole nitrogens is 1. The molecular formula is C12H11N5. The molecule has 2 heterocycles. The minimum Gasteiger partial charge on any atom is -0.399 e. The van der Waals surface area contributed by atoms with Crippen LogP contribution in [0.5, 0.6) is 0 Å². The number of fused-ring (bicyclic) bond motifs is 1. The van der Waals surface area contributed by atoms with E-state index in [2.05, 4.69) is 19.9 Å². The number of aromatic amines is 1. The van der Waals surface area contributed by atoms with Crippen LogP contribution < -0.4 is 5.73 Å². The highest BCUT2D eigenvalue weighted by Crippen LogP contribution is 2.22. The van der Waals surface area contributed by atoms with Gasteiger partial charge in [-0.05, 0) is 30.7 Å². The van der Waals surface area contributed by atoms with Gasteiger partial charge < -0.3 is 10.7 Å². The van der Waals surface area contributed by atoms with Crippen LogP contribution in [-0.4, -0.2) is 19.9 Å². The summed E-state index contributed by atoms with van der Waals surface area (Å²) in [6, 6.07) is 5.82. The summed E-state index contributed by atoms with van der Waals surface area (Å²) in [7, 11) is 0. The van der Waals surface area contributed by atoms with Gasteiger partial charge >= 0.3 is 0 Å². The molecule has 3 aromatic rings. The van der Waals surface area contributed by atoms with Crippen LogP contribution >= 0.6 is 0 Å². The molecule has 0 aliphatic heterocycles. The molecule has 0 aliphatic rings. The third kappa shape index (κ3) is 1.61. The largest absolute Gasteiger partial charge is 0.399 e. The lowest BCUT2D eigenvalue weighted by Gasteiger charge is -2.01. The van der Waals surface area contributed by atoms with Gasteiger partial charge in [-0.2, -0.15) is 0 Å². The second kappa shape index (κ2) is 3.55. The Morgan fingerprint density at radius 1 is 1.29 bits per heavy atom. The van der Waals surface area contributed by atoms with Gasteiger partial charge in [0.2, 0.25) is 0 Å². The van der Waals surface area contributed by atoms with Crippen molar-refractivity contribution in [1.29, 1.82) is 0 Å². The highest BCUT2D eigenvalue weighted by Gasteiger charge is 2.06. The zero-order valence-corrected chi connectivity index (χ0v) is 9.31. The Hall–Kier alpha value is -2.43. The summed E-state index contributed by atoms with van der Waals surface area (Å²) in [6.07, 6.45) is 3.20. The van der Waals surface area contributed by atoms with Gasteiger partial charge in [-0.25, -0.2) is 15.0 Å². The molecule has 0 radical (unpaired) electrons. The van der Waals surface area contributed by atoms with Gasteiger partial charge in [0.15, 0.2) is 5.65 Å². The SMILES string of the molecule is Cc1cc(-c2nc3ncncc3[nH]2)ccc1N. The van der Waals surface area contributed by atoms with Crippen LogP contribution in [0.4, 0.5) is 5.69 Å². The van der Waals surface area contributed by atoms with E-state index < -0.39 is 0 Å². The normalized spacial score (nSPS) is 10.9. The summed E-state index contributed by atoms with van der Waals surface area (Å²) in [6.45, 7) is 1.97. The third-order valence-corrected chi connectivity index (χ3v) is 2.71. The van der Waals surface area contributed by atoms with Crippen molar-refractivity contribution in [2.24, 2.45) is 0 Å². The molecule has 84 valence electrons. The van der Waals surface area contributed by atoms with Crippen molar-refractivity contribution >= 4 is 16.9 Å². The Bertz CT molecular complexity index is 653. The van der Waals surface area contributed by atoms with Crippen molar-refractivity contribution in [3.63, 3.8) is 0 Å². The van der Waals surface area contributed by atoms with Gasteiger partial charge in [-0.15, -0.1) is 0 Å². The van der Waals surface area contributed by atoms with Crippen LogP contribution in [0.15, 0.2) is 30.7 Å². The second-order valence-corrected chi connectivity index (χ2v) is 3.92. The minimum atomic E-state index is 0.671. The van der Waals surface area contributed by atoms with Crippen molar-refractivity contribution in [3.8, 4) is 11.4 Å². The number of nitrogens with one attached hydrogen (secondary N) is 1. The van der Waals surface area contributed by atoms with E-state index in [-0.39, 0.29) is 0 Å². The number of nitrogens with two attached hydrogens (primary N) is 1. The van der Waals surface area contributed by atoms with Crippen molar-refractivity contribution in [3.05, 3.63) is 36.3 Å². The molecule has 17 heavy (non-hydrogen) atoms. The second-order valence-electron chi connectivity index (χ2n) is 3.92. The predicted molar refractivity (Wildman–Crippen MR) is 66.3 cm³/mol. The minimum absolute atomic E-state index is 0.671. The maximum Gasteiger partial charge on any atom is 0.181 e. The van der Waals surface area contributed by atoms with Gasteiger partial charge in [0.05, 0.1) is 6.20 Å². The fraction of sp³-hybridized carbons (Fsp3) is 0.0833. The van der Waals surface area contributed by atoms with Crippen molar-refractivity contribution in [2.45, 2.75) is 6.92 Å². The molecule has 3 rings (SSSR count). The summed E-state index contributed by atoms with van der Waals surface area (Å²) >= 11 is 0. The summed E-state index contributed by atoms with van der Waals surface area (Å²) in [5, 5.41) is 0. The molecule has 2 aromatic heterocycles. The average molecular weight is 225 g/mol. The lowest BCUT2D eigenvalue weighted by atomic mass is 10.1. The Kier molecular flexibility index (Phi) is 2.04. The first kappa shape index (κ1) is 9.77. The first-order valence-corrected chi connectivity index (χ1v) is 5.26. The standard InChI is InChI=1S/C12H11N5/c1-7-4-8(2-3-9(7)13)11-16-10-5-14-6-15-12(10)17-11/h2-6H,13H2,1H3,(H,14,15,16,17). The van der Waals surface area contributed by atoms with Crippen LogP contribution in [0.1, 0.15) is 5.56 Å². The van der Waals surface area contributed by atoms with Gasteiger partial charge in [-0.1, -0.05) is 0 Å². The molecule has 0 bridgehead atoms. The smallest absolute Gasteiger partial charge is 0.181 e. The van der Waals surface area contributed by atoms with Gasteiger partial charge in [0.1, 0.15) is 17.7 Å². The van der Waals surface area contributed by atoms with Crippen molar-refractivity contribution < 1.29 is 0 Å². The quantitative estimate of drug-likeness (QED) is 0.620. The fourth-order valence-corrected chi connectivity index (χ4v) is 1.72. The van der Waals surface area contributed by atoms with Gasteiger partial charge in [0, 0.05) is 11.3 Å². The Labute approximate surface area is 97.7 Å². The van der Waals surface area contributed by atoms with Crippen LogP contribution in [0.3, 0.4) is 0 Å². The number of anilines is 1. The number of imidazole rings is 1. The molecule has 5 heteroatoms. The van der Waals surface area contributed by atoms with Crippen LogP contribution in [0.25, 0.3) is 22.6 Å². The van der Waals surface area contributed by atoms with Crippen molar-refractivity contribution in [1.82, 2.24) is 19.9 Å². The van der Waals surface area contributed by atoms with E-state index >= 15 is 0 Å². The van der Waals surface area contributed by atoms with Crippen LogP contribution in [0, 0.1) is 6.92 Å². The van der Waals surface area contributed by atoms with Crippen LogP contribution in [-0.2, 0) is 0 Å². The number of nitrogen functional groups attached to an aromatic ring is 1. The van der Waals surface area contributed by atoms with Crippen molar-refractivity contribution in [2.75, 3.05) is 5.73 Å². The number of nitrogens with zero attached hydrogens (tertiary/aromatic N) is 3. The van der Waals surface area contributed by atoms with E-state index in [0.717, 1.165) is 28.2 Å².